The Labute approximate surface area is 72.9 Å². The van der Waals surface area contributed by atoms with Gasteiger partial charge in [0, 0.05) is 0 Å². The van der Waals surface area contributed by atoms with E-state index in [0.29, 0.717) is 5.92 Å². The van der Waals surface area contributed by atoms with Crippen LogP contribution in [-0.2, 0) is 4.74 Å². The Bertz CT molecular complexity index is 204. The number of fused-ring (bicyclic) bond motifs is 3. The van der Waals surface area contributed by atoms with E-state index < -0.39 is 0 Å². The lowest BCUT2D eigenvalue weighted by atomic mass is 9.80. The van der Waals surface area contributed by atoms with Gasteiger partial charge in [-0.3, -0.25) is 0 Å². The molecule has 2 heteroatoms. The van der Waals surface area contributed by atoms with Crippen LogP contribution in [0.15, 0.2) is 0 Å². The Kier molecular flexibility index (Phi) is 1.37. The van der Waals surface area contributed by atoms with Crippen molar-refractivity contribution < 1.29 is 9.84 Å². The first kappa shape index (κ1) is 7.34. The minimum atomic E-state index is -0.159. The van der Waals surface area contributed by atoms with E-state index in [4.69, 9.17) is 4.74 Å². The number of ether oxygens (including phenoxy) is 1. The maximum atomic E-state index is 9.88. The molecule has 1 N–H and O–H groups in total. The van der Waals surface area contributed by atoms with Gasteiger partial charge in [-0.25, -0.2) is 0 Å². The molecule has 1 heterocycles. The maximum absolute atomic E-state index is 9.88. The zero-order valence-electron chi connectivity index (χ0n) is 7.33. The van der Waals surface area contributed by atoms with Gasteiger partial charge in [-0.05, 0) is 43.9 Å². The van der Waals surface area contributed by atoms with Crippen LogP contribution in [0.25, 0.3) is 0 Å². The SMILES string of the molecule is OC1CCOC12CC1CCC2C1. The van der Waals surface area contributed by atoms with Crippen molar-refractivity contribution in [2.75, 3.05) is 6.61 Å². The largest absolute Gasteiger partial charge is 0.390 e. The van der Waals surface area contributed by atoms with E-state index >= 15 is 0 Å². The molecular formula is C10H16O2. The number of aliphatic hydroxyl groups is 1. The molecule has 0 aromatic rings. The van der Waals surface area contributed by atoms with E-state index in [2.05, 4.69) is 0 Å². The standard InChI is InChI=1S/C10H16O2/c11-9-3-4-12-10(9)6-7-1-2-8(10)5-7/h7-9,11H,1-6H2. The number of rotatable bonds is 0. The van der Waals surface area contributed by atoms with Gasteiger partial charge >= 0.3 is 0 Å². The van der Waals surface area contributed by atoms with Crippen LogP contribution >= 0.6 is 0 Å². The summed E-state index contributed by atoms with van der Waals surface area (Å²) in [7, 11) is 0. The van der Waals surface area contributed by atoms with Gasteiger partial charge in [0.2, 0.25) is 0 Å². The van der Waals surface area contributed by atoms with Gasteiger partial charge in [-0.15, -0.1) is 0 Å². The summed E-state index contributed by atoms with van der Waals surface area (Å²) in [5.74, 6) is 1.54. The fourth-order valence-electron chi connectivity index (χ4n) is 3.61. The molecule has 1 saturated heterocycles. The minimum Gasteiger partial charge on any atom is -0.390 e. The third-order valence-electron chi connectivity index (χ3n) is 4.17. The smallest absolute Gasteiger partial charge is 0.0971 e. The van der Waals surface area contributed by atoms with E-state index in [0.717, 1.165) is 25.4 Å². The third-order valence-corrected chi connectivity index (χ3v) is 4.17. The zero-order chi connectivity index (χ0) is 8.18. The summed E-state index contributed by atoms with van der Waals surface area (Å²) in [6.45, 7) is 0.782. The highest BCUT2D eigenvalue weighted by Crippen LogP contribution is 2.56. The summed E-state index contributed by atoms with van der Waals surface area (Å²) < 4.78 is 5.80. The summed E-state index contributed by atoms with van der Waals surface area (Å²) >= 11 is 0. The molecule has 2 bridgehead atoms. The Morgan fingerprint density at radius 1 is 1.25 bits per heavy atom. The molecule has 3 rings (SSSR count). The van der Waals surface area contributed by atoms with Crippen molar-refractivity contribution in [3.8, 4) is 0 Å². The van der Waals surface area contributed by atoms with Crippen LogP contribution in [0.4, 0.5) is 0 Å². The van der Waals surface area contributed by atoms with Gasteiger partial charge in [0.05, 0.1) is 18.3 Å². The van der Waals surface area contributed by atoms with Crippen molar-refractivity contribution >= 4 is 0 Å². The predicted molar refractivity (Wildman–Crippen MR) is 44.8 cm³/mol. The molecule has 12 heavy (non-hydrogen) atoms. The highest BCUT2D eigenvalue weighted by molar-refractivity contribution is 5.08. The fourth-order valence-corrected chi connectivity index (χ4v) is 3.61. The van der Waals surface area contributed by atoms with Gasteiger partial charge in [0.25, 0.3) is 0 Å². The first-order chi connectivity index (χ1) is 5.81. The van der Waals surface area contributed by atoms with Crippen molar-refractivity contribution in [1.82, 2.24) is 0 Å². The predicted octanol–water partition coefficient (Wildman–Crippen LogP) is 1.33. The lowest BCUT2D eigenvalue weighted by Crippen LogP contribution is -2.44. The third kappa shape index (κ3) is 0.728. The molecule has 2 nitrogen and oxygen atoms in total. The molecule has 0 amide bonds. The summed E-state index contributed by atoms with van der Waals surface area (Å²) in [6.07, 6.45) is 5.83. The number of hydrogen-bond acceptors (Lipinski definition) is 2. The lowest BCUT2D eigenvalue weighted by Gasteiger charge is -2.35. The second kappa shape index (κ2) is 2.24. The van der Waals surface area contributed by atoms with Gasteiger partial charge in [-0.2, -0.15) is 0 Å². The molecule has 0 aromatic carbocycles. The molecule has 1 spiro atoms. The quantitative estimate of drug-likeness (QED) is 0.591. The topological polar surface area (TPSA) is 29.5 Å². The van der Waals surface area contributed by atoms with Crippen molar-refractivity contribution in [3.63, 3.8) is 0 Å². The van der Waals surface area contributed by atoms with E-state index in [-0.39, 0.29) is 11.7 Å². The van der Waals surface area contributed by atoms with Gasteiger partial charge in [-0.1, -0.05) is 0 Å². The van der Waals surface area contributed by atoms with E-state index in [1.807, 2.05) is 0 Å². The van der Waals surface area contributed by atoms with Crippen molar-refractivity contribution in [2.24, 2.45) is 11.8 Å². The van der Waals surface area contributed by atoms with Crippen LogP contribution in [0.2, 0.25) is 0 Å². The van der Waals surface area contributed by atoms with Gasteiger partial charge < -0.3 is 9.84 Å². The fraction of sp³-hybridized carbons (Fsp3) is 1.00. The van der Waals surface area contributed by atoms with E-state index in [9.17, 15) is 5.11 Å². The van der Waals surface area contributed by atoms with Crippen LogP contribution in [0, 0.1) is 11.8 Å². The Morgan fingerprint density at radius 2 is 2.17 bits per heavy atom. The molecule has 68 valence electrons. The molecule has 2 aliphatic carbocycles. The van der Waals surface area contributed by atoms with Crippen molar-refractivity contribution in [1.29, 1.82) is 0 Å². The van der Waals surface area contributed by atoms with Crippen LogP contribution in [0.5, 0.6) is 0 Å². The summed E-state index contributed by atoms with van der Waals surface area (Å²) in [5.41, 5.74) is -0.0804. The average molecular weight is 168 g/mol. The molecule has 4 atom stereocenters. The second-order valence-corrected chi connectivity index (χ2v) is 4.69. The molecule has 2 saturated carbocycles. The minimum absolute atomic E-state index is 0.0804. The van der Waals surface area contributed by atoms with E-state index in [1.165, 1.54) is 19.3 Å². The van der Waals surface area contributed by atoms with Crippen LogP contribution in [0.1, 0.15) is 32.1 Å². The average Bonchev–Trinajstić information content (AvgIpc) is 2.69. The lowest BCUT2D eigenvalue weighted by molar-refractivity contribution is -0.0940. The van der Waals surface area contributed by atoms with Crippen molar-refractivity contribution in [2.45, 2.75) is 43.8 Å². The first-order valence-electron chi connectivity index (χ1n) is 5.13. The second-order valence-electron chi connectivity index (χ2n) is 4.69. The normalized spacial score (nSPS) is 57.2. The van der Waals surface area contributed by atoms with Crippen LogP contribution < -0.4 is 0 Å². The Balaban J connectivity index is 1.91. The molecule has 3 fully saturated rings. The number of aliphatic hydroxyl groups excluding tert-OH is 1. The first-order valence-corrected chi connectivity index (χ1v) is 5.13. The zero-order valence-corrected chi connectivity index (χ0v) is 7.33. The highest BCUT2D eigenvalue weighted by Gasteiger charge is 2.57. The Morgan fingerprint density at radius 3 is 2.67 bits per heavy atom. The number of hydrogen-bond donors (Lipinski definition) is 1. The van der Waals surface area contributed by atoms with Gasteiger partial charge in [0.1, 0.15) is 0 Å². The summed E-state index contributed by atoms with van der Waals surface area (Å²) in [4.78, 5) is 0. The van der Waals surface area contributed by atoms with Crippen LogP contribution in [0.3, 0.4) is 0 Å². The molecule has 4 unspecified atom stereocenters. The van der Waals surface area contributed by atoms with E-state index in [1.54, 1.807) is 0 Å². The van der Waals surface area contributed by atoms with Gasteiger partial charge in [0.15, 0.2) is 0 Å². The Hall–Kier alpha value is -0.0800. The van der Waals surface area contributed by atoms with Crippen LogP contribution in [-0.4, -0.2) is 23.4 Å². The van der Waals surface area contributed by atoms with Crippen molar-refractivity contribution in [3.05, 3.63) is 0 Å². The molecule has 0 aromatic heterocycles. The summed E-state index contributed by atoms with van der Waals surface area (Å²) in [5, 5.41) is 9.88. The molecule has 0 radical (unpaired) electrons. The highest BCUT2D eigenvalue weighted by atomic mass is 16.5. The molecular weight excluding hydrogens is 152 g/mol. The molecule has 1 aliphatic heterocycles. The maximum Gasteiger partial charge on any atom is 0.0971 e. The monoisotopic (exact) mass is 168 g/mol. The molecule has 3 aliphatic rings. The summed E-state index contributed by atoms with van der Waals surface area (Å²) in [6, 6.07) is 0.